The van der Waals surface area contributed by atoms with Crippen molar-refractivity contribution in [3.8, 4) is 0 Å². The molecule has 5 aliphatic carbocycles. The van der Waals surface area contributed by atoms with Gasteiger partial charge in [-0.1, -0.05) is 12.1 Å². The summed E-state index contributed by atoms with van der Waals surface area (Å²) in [6.45, 7) is 1.07. The van der Waals surface area contributed by atoms with Gasteiger partial charge in [-0.15, -0.1) is 0 Å². The summed E-state index contributed by atoms with van der Waals surface area (Å²) in [6.07, 6.45) is 6.56. The molecule has 5 aliphatic rings. The fraction of sp³-hybridized carbons (Fsp3) is 0.741. The highest BCUT2D eigenvalue weighted by atomic mass is 19.4. The molecule has 1 N–H and O–H groups in total. The molecule has 0 spiro atoms. The van der Waals surface area contributed by atoms with E-state index in [0.717, 1.165) is 49.1 Å². The van der Waals surface area contributed by atoms with E-state index in [1.165, 1.54) is 50.7 Å². The normalized spacial score (nSPS) is 38.1. The van der Waals surface area contributed by atoms with Gasteiger partial charge in [0.05, 0.1) is 5.56 Å². The molecule has 6 heteroatoms. The Kier molecular flexibility index (Phi) is 6.03. The largest absolute Gasteiger partial charge is 0.481 e. The molecule has 0 aliphatic heterocycles. The monoisotopic (exact) mass is 463 g/mol. The first-order valence-corrected chi connectivity index (χ1v) is 12.7. The second-order valence-electron chi connectivity index (χ2n) is 11.9. The molecule has 0 aromatic heterocycles. The minimum absolute atomic E-state index is 0.0734. The van der Waals surface area contributed by atoms with Crippen LogP contribution in [-0.2, 0) is 11.0 Å². The lowest BCUT2D eigenvalue weighted by Crippen LogP contribution is -2.53. The SMILES string of the molecule is CN(CC12CC3CC(CC(C3)C1)C2)[C@@H]1CC[C@@H](CC(=O)O)C[C@H]1c1ccc(C(F)(F)F)cc1. The Morgan fingerprint density at radius 2 is 1.58 bits per heavy atom. The Balaban J connectivity index is 1.35. The Bertz CT molecular complexity index is 830. The molecule has 5 saturated carbocycles. The predicted octanol–water partition coefficient (Wildman–Crippen LogP) is 6.58. The van der Waals surface area contributed by atoms with Gasteiger partial charge in [-0.25, -0.2) is 0 Å². The summed E-state index contributed by atoms with van der Waals surface area (Å²) in [5.74, 6) is 2.04. The van der Waals surface area contributed by atoms with Crippen LogP contribution in [-0.4, -0.2) is 35.6 Å². The molecular formula is C27H36F3NO2. The maximum Gasteiger partial charge on any atom is 0.416 e. The van der Waals surface area contributed by atoms with E-state index in [1.54, 1.807) is 12.1 Å². The van der Waals surface area contributed by atoms with Gasteiger partial charge in [0, 0.05) is 19.0 Å². The van der Waals surface area contributed by atoms with E-state index in [0.29, 0.717) is 5.41 Å². The average molecular weight is 464 g/mol. The van der Waals surface area contributed by atoms with Crippen molar-refractivity contribution >= 4 is 5.97 Å². The Labute approximate surface area is 194 Å². The van der Waals surface area contributed by atoms with Crippen molar-refractivity contribution in [2.75, 3.05) is 13.6 Å². The fourth-order valence-electron chi connectivity index (χ4n) is 8.61. The first kappa shape index (κ1) is 23.2. The molecule has 3 atom stereocenters. The number of benzene rings is 1. The number of hydrogen-bond acceptors (Lipinski definition) is 2. The topological polar surface area (TPSA) is 40.5 Å². The van der Waals surface area contributed by atoms with Crippen LogP contribution in [0, 0.1) is 29.1 Å². The zero-order chi connectivity index (χ0) is 23.4. The zero-order valence-electron chi connectivity index (χ0n) is 19.5. The summed E-state index contributed by atoms with van der Waals surface area (Å²) in [5.41, 5.74) is 0.703. The highest BCUT2D eigenvalue weighted by Gasteiger charge is 2.51. The van der Waals surface area contributed by atoms with Gasteiger partial charge in [0.2, 0.25) is 0 Å². The molecule has 5 fully saturated rings. The first-order valence-electron chi connectivity index (χ1n) is 12.7. The Morgan fingerprint density at radius 1 is 1.00 bits per heavy atom. The van der Waals surface area contributed by atoms with Gasteiger partial charge in [-0.2, -0.15) is 13.2 Å². The third-order valence-electron chi connectivity index (χ3n) is 9.37. The van der Waals surface area contributed by atoms with Crippen LogP contribution in [0.5, 0.6) is 0 Å². The van der Waals surface area contributed by atoms with Crippen molar-refractivity contribution in [2.24, 2.45) is 29.1 Å². The van der Waals surface area contributed by atoms with E-state index in [-0.39, 0.29) is 24.3 Å². The summed E-state index contributed by atoms with van der Waals surface area (Å²) >= 11 is 0. The summed E-state index contributed by atoms with van der Waals surface area (Å²) < 4.78 is 39.3. The molecule has 1 aromatic carbocycles. The minimum atomic E-state index is -4.34. The highest BCUT2D eigenvalue weighted by molar-refractivity contribution is 5.67. The summed E-state index contributed by atoms with van der Waals surface area (Å²) in [4.78, 5) is 13.9. The standard InChI is InChI=1S/C27H36F3NO2/c1-31(16-26-13-18-8-19(14-26)10-20(9-18)15-26)24-7-2-17(12-25(32)33)11-23(24)21-3-5-22(6-4-21)27(28,29)30/h3-6,17-20,23-24H,2,7-16H2,1H3,(H,32,33)/t17-,18?,19?,20?,23+,24-,26?/m1/s1. The Hall–Kier alpha value is -1.56. The van der Waals surface area contributed by atoms with E-state index in [4.69, 9.17) is 0 Å². The van der Waals surface area contributed by atoms with Gasteiger partial charge < -0.3 is 10.0 Å². The number of carboxylic acid groups (broad SMARTS) is 1. The maximum absolute atomic E-state index is 13.1. The molecule has 0 unspecified atom stereocenters. The van der Waals surface area contributed by atoms with Crippen LogP contribution in [0.25, 0.3) is 0 Å². The average Bonchev–Trinajstić information content (AvgIpc) is 2.71. The van der Waals surface area contributed by atoms with Gasteiger partial charge in [-0.3, -0.25) is 4.79 Å². The quantitative estimate of drug-likeness (QED) is 0.518. The molecule has 0 heterocycles. The lowest BCUT2D eigenvalue weighted by Gasteiger charge is -2.58. The lowest BCUT2D eigenvalue weighted by molar-refractivity contribution is -0.139. The van der Waals surface area contributed by atoms with E-state index in [9.17, 15) is 23.1 Å². The molecule has 1 aromatic rings. The fourth-order valence-corrected chi connectivity index (χ4v) is 8.61. The molecule has 3 nitrogen and oxygen atoms in total. The van der Waals surface area contributed by atoms with E-state index >= 15 is 0 Å². The number of rotatable bonds is 6. The second-order valence-corrected chi connectivity index (χ2v) is 11.9. The van der Waals surface area contributed by atoms with Gasteiger partial charge >= 0.3 is 12.1 Å². The van der Waals surface area contributed by atoms with E-state index in [1.807, 2.05) is 0 Å². The van der Waals surface area contributed by atoms with Crippen LogP contribution in [0.3, 0.4) is 0 Å². The summed E-state index contributed by atoms with van der Waals surface area (Å²) in [6, 6.07) is 5.88. The van der Waals surface area contributed by atoms with Crippen LogP contribution in [0.1, 0.15) is 81.3 Å². The molecule has 182 valence electrons. The summed E-state index contributed by atoms with van der Waals surface area (Å²) in [7, 11) is 2.21. The number of hydrogen-bond donors (Lipinski definition) is 1. The van der Waals surface area contributed by atoms with Crippen molar-refractivity contribution in [1.82, 2.24) is 4.90 Å². The molecule has 4 bridgehead atoms. The Morgan fingerprint density at radius 3 is 2.09 bits per heavy atom. The van der Waals surface area contributed by atoms with Crippen LogP contribution in [0.4, 0.5) is 13.2 Å². The second kappa shape index (κ2) is 8.58. The molecule has 0 saturated heterocycles. The number of aliphatic carboxylic acids is 1. The van der Waals surface area contributed by atoms with E-state index in [2.05, 4.69) is 11.9 Å². The number of carboxylic acids is 1. The number of carbonyl (C=O) groups is 1. The minimum Gasteiger partial charge on any atom is -0.481 e. The van der Waals surface area contributed by atoms with Crippen molar-refractivity contribution in [3.05, 3.63) is 35.4 Å². The third kappa shape index (κ3) is 4.82. The molecule has 6 rings (SSSR count). The summed E-state index contributed by atoms with van der Waals surface area (Å²) in [5, 5.41) is 9.33. The predicted molar refractivity (Wildman–Crippen MR) is 121 cm³/mol. The van der Waals surface area contributed by atoms with Crippen LogP contribution in [0.15, 0.2) is 24.3 Å². The molecule has 0 amide bonds. The van der Waals surface area contributed by atoms with Crippen LogP contribution in [0.2, 0.25) is 0 Å². The van der Waals surface area contributed by atoms with Crippen molar-refractivity contribution in [1.29, 1.82) is 0 Å². The van der Waals surface area contributed by atoms with E-state index < -0.39 is 17.7 Å². The zero-order valence-corrected chi connectivity index (χ0v) is 19.5. The molecular weight excluding hydrogens is 427 g/mol. The number of halogens is 3. The van der Waals surface area contributed by atoms with Gasteiger partial charge in [0.1, 0.15) is 0 Å². The first-order chi connectivity index (χ1) is 15.6. The van der Waals surface area contributed by atoms with Crippen molar-refractivity contribution in [2.45, 2.75) is 82.3 Å². The molecule has 33 heavy (non-hydrogen) atoms. The van der Waals surface area contributed by atoms with Crippen LogP contribution < -0.4 is 0 Å². The highest BCUT2D eigenvalue weighted by Crippen LogP contribution is 2.60. The number of alkyl halides is 3. The van der Waals surface area contributed by atoms with Gasteiger partial charge in [-0.05, 0) is 118 Å². The van der Waals surface area contributed by atoms with Gasteiger partial charge in [0.15, 0.2) is 0 Å². The van der Waals surface area contributed by atoms with Crippen molar-refractivity contribution in [3.63, 3.8) is 0 Å². The van der Waals surface area contributed by atoms with Gasteiger partial charge in [0.25, 0.3) is 0 Å². The lowest BCUT2D eigenvalue weighted by atomic mass is 9.49. The smallest absolute Gasteiger partial charge is 0.416 e. The maximum atomic E-state index is 13.1. The van der Waals surface area contributed by atoms with Crippen molar-refractivity contribution < 1.29 is 23.1 Å². The molecule has 0 radical (unpaired) electrons. The third-order valence-corrected chi connectivity index (χ3v) is 9.37. The number of likely N-dealkylation sites (N-methyl/N-ethyl adjacent to an activating group) is 1. The van der Waals surface area contributed by atoms with Crippen LogP contribution >= 0.6 is 0 Å². The number of nitrogens with zero attached hydrogens (tertiary/aromatic N) is 1.